The first kappa shape index (κ1) is 22.3. The zero-order valence-electron chi connectivity index (χ0n) is 20.2. The van der Waals surface area contributed by atoms with Crippen LogP contribution in [0.4, 0.5) is 5.95 Å². The number of fused-ring (bicyclic) bond motifs is 1. The number of nitrogens with zero attached hydrogens (tertiary/aromatic N) is 7. The molecule has 11 heteroatoms. The molecule has 3 aliphatic rings. The molecule has 35 heavy (non-hydrogen) atoms. The van der Waals surface area contributed by atoms with Crippen LogP contribution in [-0.4, -0.2) is 68.0 Å². The van der Waals surface area contributed by atoms with Gasteiger partial charge in [-0.2, -0.15) is 5.10 Å². The smallest absolute Gasteiger partial charge is 0.279 e. The Balaban J connectivity index is 1.42. The van der Waals surface area contributed by atoms with Gasteiger partial charge in [0.2, 0.25) is 5.95 Å². The monoisotopic (exact) mass is 479 g/mol. The molecule has 2 saturated heterocycles. The summed E-state index contributed by atoms with van der Waals surface area (Å²) in [6.07, 6.45) is 7.86. The van der Waals surface area contributed by atoms with Gasteiger partial charge in [0.05, 0.1) is 38.3 Å². The lowest BCUT2D eigenvalue weighted by Crippen LogP contribution is -2.39. The molecule has 0 radical (unpaired) electrons. The summed E-state index contributed by atoms with van der Waals surface area (Å²) in [5.74, 6) is 0.607. The molecule has 184 valence electrons. The molecule has 5 heterocycles. The Morgan fingerprint density at radius 1 is 1.09 bits per heavy atom. The normalized spacial score (nSPS) is 22.2. The Bertz CT molecular complexity index is 1370. The average molecular weight is 480 g/mol. The Labute approximate surface area is 202 Å². The van der Waals surface area contributed by atoms with Crippen molar-refractivity contribution in [2.24, 2.45) is 14.1 Å². The first-order valence-corrected chi connectivity index (χ1v) is 12.0. The predicted molar refractivity (Wildman–Crippen MR) is 128 cm³/mol. The molecule has 3 aromatic rings. The molecule has 2 aliphatic heterocycles. The van der Waals surface area contributed by atoms with E-state index in [1.165, 1.54) is 4.57 Å². The fourth-order valence-electron chi connectivity index (χ4n) is 5.03. The van der Waals surface area contributed by atoms with E-state index in [0.29, 0.717) is 67.8 Å². The lowest BCUT2D eigenvalue weighted by atomic mass is 9.91. The van der Waals surface area contributed by atoms with Crippen LogP contribution in [0.3, 0.4) is 0 Å². The van der Waals surface area contributed by atoms with Crippen LogP contribution in [0.1, 0.15) is 42.4 Å². The summed E-state index contributed by atoms with van der Waals surface area (Å²) in [6.45, 7) is 4.79. The second-order valence-corrected chi connectivity index (χ2v) is 9.39. The van der Waals surface area contributed by atoms with E-state index in [1.807, 2.05) is 26.4 Å². The van der Waals surface area contributed by atoms with Crippen molar-refractivity contribution in [3.05, 3.63) is 45.9 Å². The van der Waals surface area contributed by atoms with E-state index in [9.17, 15) is 4.79 Å². The quantitative estimate of drug-likeness (QED) is 0.554. The summed E-state index contributed by atoms with van der Waals surface area (Å²) in [5, 5.41) is 4.27. The zero-order valence-corrected chi connectivity index (χ0v) is 20.2. The van der Waals surface area contributed by atoms with Crippen LogP contribution >= 0.6 is 0 Å². The number of morpholine rings is 1. The fourth-order valence-corrected chi connectivity index (χ4v) is 5.03. The molecule has 3 aromatic heterocycles. The number of aryl methyl sites for hydroxylation is 2. The SMILES string of the molecule is Cc1nc2c(C3=CCC4(CC3)OCCO4)nc(N3CCOC(c4cnn(C)c4)C3)nc2c(=O)n1C. The summed E-state index contributed by atoms with van der Waals surface area (Å²) in [7, 11) is 3.61. The van der Waals surface area contributed by atoms with Crippen molar-refractivity contribution < 1.29 is 14.2 Å². The highest BCUT2D eigenvalue weighted by molar-refractivity contribution is 5.87. The minimum atomic E-state index is -0.532. The van der Waals surface area contributed by atoms with E-state index in [4.69, 9.17) is 29.2 Å². The molecule has 1 aliphatic carbocycles. The highest BCUT2D eigenvalue weighted by Gasteiger charge is 2.38. The van der Waals surface area contributed by atoms with Crippen LogP contribution in [0, 0.1) is 6.92 Å². The molecule has 0 saturated carbocycles. The highest BCUT2D eigenvalue weighted by Crippen LogP contribution is 2.39. The van der Waals surface area contributed by atoms with Crippen molar-refractivity contribution in [1.82, 2.24) is 29.3 Å². The third kappa shape index (κ3) is 3.93. The maximum atomic E-state index is 13.2. The Morgan fingerprint density at radius 2 is 1.91 bits per heavy atom. The second kappa shape index (κ2) is 8.51. The number of anilines is 1. The van der Waals surface area contributed by atoms with Gasteiger partial charge in [0.15, 0.2) is 11.3 Å². The number of hydrogen-bond acceptors (Lipinski definition) is 9. The van der Waals surface area contributed by atoms with Crippen molar-refractivity contribution in [2.45, 2.75) is 38.1 Å². The average Bonchev–Trinajstić information content (AvgIpc) is 3.52. The third-order valence-electron chi connectivity index (χ3n) is 7.14. The third-order valence-corrected chi connectivity index (χ3v) is 7.14. The van der Waals surface area contributed by atoms with E-state index in [2.05, 4.69) is 16.1 Å². The molecule has 1 unspecified atom stereocenters. The van der Waals surface area contributed by atoms with Gasteiger partial charge in [-0.1, -0.05) is 6.08 Å². The van der Waals surface area contributed by atoms with Gasteiger partial charge in [-0.05, 0) is 18.9 Å². The maximum absolute atomic E-state index is 13.2. The van der Waals surface area contributed by atoms with E-state index in [-0.39, 0.29) is 11.7 Å². The molecule has 0 aromatic carbocycles. The molecular weight excluding hydrogens is 450 g/mol. The minimum Gasteiger partial charge on any atom is -0.370 e. The van der Waals surface area contributed by atoms with Crippen LogP contribution in [0.2, 0.25) is 0 Å². The van der Waals surface area contributed by atoms with Crippen LogP contribution in [0.25, 0.3) is 16.6 Å². The number of hydrogen-bond donors (Lipinski definition) is 0. The molecule has 6 rings (SSSR count). The first-order valence-electron chi connectivity index (χ1n) is 12.0. The second-order valence-electron chi connectivity index (χ2n) is 9.39. The molecule has 0 bridgehead atoms. The van der Waals surface area contributed by atoms with Gasteiger partial charge in [-0.3, -0.25) is 14.0 Å². The van der Waals surface area contributed by atoms with Crippen molar-refractivity contribution in [3.63, 3.8) is 0 Å². The Kier molecular flexibility index (Phi) is 5.42. The summed E-state index contributed by atoms with van der Waals surface area (Å²) in [6, 6.07) is 0. The van der Waals surface area contributed by atoms with Gasteiger partial charge in [0, 0.05) is 45.2 Å². The summed E-state index contributed by atoms with van der Waals surface area (Å²) < 4.78 is 21.1. The Hall–Kier alpha value is -3.15. The molecule has 0 N–H and O–H groups in total. The molecule has 1 atom stereocenters. The summed E-state index contributed by atoms with van der Waals surface area (Å²) >= 11 is 0. The molecule has 2 fully saturated rings. The summed E-state index contributed by atoms with van der Waals surface area (Å²) in [4.78, 5) is 29.8. The van der Waals surface area contributed by atoms with E-state index in [0.717, 1.165) is 24.0 Å². The van der Waals surface area contributed by atoms with Gasteiger partial charge in [-0.15, -0.1) is 0 Å². The van der Waals surface area contributed by atoms with Crippen LogP contribution in [0.15, 0.2) is 23.3 Å². The first-order chi connectivity index (χ1) is 16.9. The molecule has 1 spiro atoms. The zero-order chi connectivity index (χ0) is 24.2. The van der Waals surface area contributed by atoms with Crippen molar-refractivity contribution in [3.8, 4) is 0 Å². The largest absolute Gasteiger partial charge is 0.370 e. The van der Waals surface area contributed by atoms with Gasteiger partial charge in [0.1, 0.15) is 17.4 Å². The minimum absolute atomic E-state index is 0.149. The molecule has 0 amide bonds. The number of aromatic nitrogens is 6. The lowest BCUT2D eigenvalue weighted by Gasteiger charge is -2.33. The molecule has 11 nitrogen and oxygen atoms in total. The van der Waals surface area contributed by atoms with Crippen LogP contribution in [0.5, 0.6) is 0 Å². The maximum Gasteiger partial charge on any atom is 0.279 e. The Morgan fingerprint density at radius 3 is 2.63 bits per heavy atom. The van der Waals surface area contributed by atoms with Crippen LogP contribution < -0.4 is 10.5 Å². The molecular formula is C24H29N7O4. The van der Waals surface area contributed by atoms with Gasteiger partial charge >= 0.3 is 0 Å². The van der Waals surface area contributed by atoms with E-state index in [1.54, 1.807) is 11.7 Å². The highest BCUT2D eigenvalue weighted by atomic mass is 16.7. The van der Waals surface area contributed by atoms with Gasteiger partial charge in [0.25, 0.3) is 5.56 Å². The summed E-state index contributed by atoms with van der Waals surface area (Å²) in [5.41, 5.74) is 3.45. The van der Waals surface area contributed by atoms with Gasteiger partial charge < -0.3 is 19.1 Å². The van der Waals surface area contributed by atoms with Crippen molar-refractivity contribution in [1.29, 1.82) is 0 Å². The predicted octanol–water partition coefficient (Wildman–Crippen LogP) is 1.65. The van der Waals surface area contributed by atoms with E-state index < -0.39 is 5.79 Å². The van der Waals surface area contributed by atoms with Crippen LogP contribution in [-0.2, 0) is 28.3 Å². The fraction of sp³-hybridized carbons (Fsp3) is 0.542. The number of allylic oxidation sites excluding steroid dienone is 1. The number of rotatable bonds is 3. The van der Waals surface area contributed by atoms with Crippen molar-refractivity contribution >= 4 is 22.6 Å². The standard InChI is InChI=1S/C24H29N7O4/c1-15-26-20-19(16-4-6-24(7-5-16)34-10-11-35-24)27-23(28-21(20)22(32)30(15)3)31-8-9-33-18(14-31)17-12-25-29(2)13-17/h4,12-13,18H,5-11,14H2,1-3H3. The van der Waals surface area contributed by atoms with Crippen molar-refractivity contribution in [2.75, 3.05) is 37.8 Å². The lowest BCUT2D eigenvalue weighted by molar-refractivity contribution is -0.159. The number of ether oxygens (including phenoxy) is 3. The van der Waals surface area contributed by atoms with Gasteiger partial charge in [-0.25, -0.2) is 15.0 Å². The van der Waals surface area contributed by atoms with E-state index >= 15 is 0 Å². The topological polar surface area (TPSA) is 109 Å².